The Balaban J connectivity index is 1.88. The molecule has 7 nitrogen and oxygen atoms in total. The Bertz CT molecular complexity index is 1520. The van der Waals surface area contributed by atoms with Gasteiger partial charge in [0.1, 0.15) is 18.2 Å². The first-order valence-electron chi connectivity index (χ1n) is 10.6. The molecule has 0 fully saturated rings. The summed E-state index contributed by atoms with van der Waals surface area (Å²) in [6.07, 6.45) is 3.10. The van der Waals surface area contributed by atoms with Crippen molar-refractivity contribution in [3.63, 3.8) is 0 Å². The molecule has 0 amide bonds. The second kappa shape index (κ2) is 10.0. The number of hydrogen-bond donors (Lipinski definition) is 0. The zero-order valence-corrected chi connectivity index (χ0v) is 19.8. The van der Waals surface area contributed by atoms with Gasteiger partial charge in [0.2, 0.25) is 0 Å². The number of benzene rings is 2. The molecule has 0 saturated carbocycles. The van der Waals surface area contributed by atoms with Crippen molar-refractivity contribution in [2.75, 3.05) is 6.61 Å². The summed E-state index contributed by atoms with van der Waals surface area (Å²) in [5.74, 6) is -1.12. The van der Waals surface area contributed by atoms with Crippen LogP contribution < -0.4 is 19.6 Å². The first kappa shape index (κ1) is 24.0. The van der Waals surface area contributed by atoms with Crippen molar-refractivity contribution >= 4 is 29.4 Å². The maximum atomic E-state index is 13.5. The Hall–Kier alpha value is -4.11. The van der Waals surface area contributed by atoms with Crippen LogP contribution >= 0.6 is 11.3 Å². The van der Waals surface area contributed by atoms with E-state index in [0.717, 1.165) is 0 Å². The van der Waals surface area contributed by atoms with Crippen molar-refractivity contribution in [2.24, 2.45) is 4.99 Å². The number of ether oxygens (including phenoxy) is 2. The van der Waals surface area contributed by atoms with Gasteiger partial charge in [0, 0.05) is 6.92 Å². The van der Waals surface area contributed by atoms with Crippen LogP contribution in [0.3, 0.4) is 0 Å². The normalized spacial score (nSPS) is 15.3. The van der Waals surface area contributed by atoms with Crippen molar-refractivity contribution < 1.29 is 23.5 Å². The summed E-state index contributed by atoms with van der Waals surface area (Å²) in [7, 11) is 0. The van der Waals surface area contributed by atoms with Gasteiger partial charge in [-0.2, -0.15) is 0 Å². The lowest BCUT2D eigenvalue weighted by atomic mass is 9.96. The molecule has 1 aromatic heterocycles. The Labute approximate surface area is 203 Å². The van der Waals surface area contributed by atoms with Gasteiger partial charge in [-0.1, -0.05) is 48.3 Å². The molecule has 35 heavy (non-hydrogen) atoms. The molecule has 2 aromatic carbocycles. The molecule has 0 N–H and O–H groups in total. The van der Waals surface area contributed by atoms with Gasteiger partial charge in [0.15, 0.2) is 4.80 Å². The number of allylic oxidation sites excluding steroid dienone is 1. The third kappa shape index (κ3) is 5.04. The largest absolute Gasteiger partial charge is 0.458 e. The number of carbonyl (C=O) groups excluding carboxylic acids is 2. The van der Waals surface area contributed by atoms with Gasteiger partial charge in [-0.15, -0.1) is 0 Å². The van der Waals surface area contributed by atoms with Crippen molar-refractivity contribution in [3.05, 3.63) is 109 Å². The van der Waals surface area contributed by atoms with Crippen molar-refractivity contribution in [2.45, 2.75) is 19.9 Å². The van der Waals surface area contributed by atoms with Crippen LogP contribution in [-0.2, 0) is 14.3 Å². The molecule has 1 aliphatic heterocycles. The lowest BCUT2D eigenvalue weighted by molar-refractivity contribution is -0.138. The quantitative estimate of drug-likeness (QED) is 0.300. The minimum atomic E-state index is -0.815. The van der Waals surface area contributed by atoms with Gasteiger partial charge in [0.05, 0.1) is 21.8 Å². The molecule has 1 aliphatic rings. The molecule has 0 saturated heterocycles. The maximum absolute atomic E-state index is 13.5. The molecule has 1 atom stereocenters. The van der Waals surface area contributed by atoms with Gasteiger partial charge < -0.3 is 9.47 Å². The summed E-state index contributed by atoms with van der Waals surface area (Å²) in [6, 6.07) is 11.5. The highest BCUT2D eigenvalue weighted by Crippen LogP contribution is 2.31. The zero-order chi connectivity index (χ0) is 25.1. The second-order valence-corrected chi connectivity index (χ2v) is 8.69. The number of rotatable bonds is 6. The van der Waals surface area contributed by atoms with E-state index >= 15 is 0 Å². The van der Waals surface area contributed by atoms with Gasteiger partial charge in [0.25, 0.3) is 5.56 Å². The molecule has 0 aliphatic carbocycles. The van der Waals surface area contributed by atoms with Gasteiger partial charge in [-0.3, -0.25) is 14.2 Å². The summed E-state index contributed by atoms with van der Waals surface area (Å²) < 4.78 is 25.5. The monoisotopic (exact) mass is 492 g/mol. The Morgan fingerprint density at radius 2 is 1.86 bits per heavy atom. The van der Waals surface area contributed by atoms with E-state index in [-0.39, 0.29) is 23.6 Å². The van der Waals surface area contributed by atoms with Crippen molar-refractivity contribution in [1.29, 1.82) is 0 Å². The highest BCUT2D eigenvalue weighted by atomic mass is 32.1. The van der Waals surface area contributed by atoms with Crippen LogP contribution in [0.25, 0.3) is 6.08 Å². The summed E-state index contributed by atoms with van der Waals surface area (Å²) in [4.78, 5) is 42.7. The number of nitrogens with zero attached hydrogens (tertiary/aromatic N) is 2. The summed E-state index contributed by atoms with van der Waals surface area (Å²) in [6.45, 7) is 6.55. The average molecular weight is 493 g/mol. The molecular weight excluding hydrogens is 471 g/mol. The summed E-state index contributed by atoms with van der Waals surface area (Å²) in [5.41, 5.74) is 1.54. The molecule has 0 spiro atoms. The van der Waals surface area contributed by atoms with E-state index in [1.165, 1.54) is 41.0 Å². The van der Waals surface area contributed by atoms with E-state index < -0.39 is 18.0 Å². The number of esters is 2. The molecule has 0 unspecified atom stereocenters. The topological polar surface area (TPSA) is 87.0 Å². The van der Waals surface area contributed by atoms with Crippen LogP contribution in [0.2, 0.25) is 0 Å². The minimum Gasteiger partial charge on any atom is -0.458 e. The van der Waals surface area contributed by atoms with E-state index in [4.69, 9.17) is 9.47 Å². The van der Waals surface area contributed by atoms with Crippen molar-refractivity contribution in [1.82, 2.24) is 4.57 Å². The fraction of sp³-hybridized carbons (Fsp3) is 0.154. The first-order valence-corrected chi connectivity index (χ1v) is 11.4. The van der Waals surface area contributed by atoms with E-state index in [0.29, 0.717) is 31.9 Å². The lowest BCUT2D eigenvalue weighted by Crippen LogP contribution is -2.39. The van der Waals surface area contributed by atoms with Gasteiger partial charge in [-0.05, 0) is 48.4 Å². The third-order valence-electron chi connectivity index (χ3n) is 5.20. The Kier molecular flexibility index (Phi) is 6.88. The highest BCUT2D eigenvalue weighted by molar-refractivity contribution is 7.07. The SMILES string of the molecule is C=CCOC(=O)C1=C(C)N=c2s/c(=C/c3ccc(F)cc3)c(=O)n2[C@H]1c1ccc(OC(C)=O)cc1. The van der Waals surface area contributed by atoms with Crippen molar-refractivity contribution in [3.8, 4) is 5.75 Å². The molecular formula is C26H21FN2O5S. The van der Waals surface area contributed by atoms with E-state index in [1.54, 1.807) is 49.4 Å². The van der Waals surface area contributed by atoms with Crippen LogP contribution in [0.1, 0.15) is 31.0 Å². The average Bonchev–Trinajstić information content (AvgIpc) is 3.12. The summed E-state index contributed by atoms with van der Waals surface area (Å²) in [5, 5.41) is 0. The molecule has 0 bridgehead atoms. The fourth-order valence-corrected chi connectivity index (χ4v) is 4.75. The van der Waals surface area contributed by atoms with Crippen LogP contribution in [0, 0.1) is 5.82 Å². The lowest BCUT2D eigenvalue weighted by Gasteiger charge is -2.24. The molecule has 3 aromatic rings. The molecule has 9 heteroatoms. The number of halogens is 1. The summed E-state index contributed by atoms with van der Waals surface area (Å²) >= 11 is 1.17. The van der Waals surface area contributed by atoms with E-state index in [9.17, 15) is 18.8 Å². The fourth-order valence-electron chi connectivity index (χ4n) is 3.70. The molecule has 4 rings (SSSR count). The predicted molar refractivity (Wildman–Crippen MR) is 129 cm³/mol. The first-order chi connectivity index (χ1) is 16.8. The zero-order valence-electron chi connectivity index (χ0n) is 19.0. The smallest absolute Gasteiger partial charge is 0.338 e. The van der Waals surface area contributed by atoms with Crippen LogP contribution in [0.15, 0.2) is 82.2 Å². The molecule has 2 heterocycles. The Morgan fingerprint density at radius 3 is 2.49 bits per heavy atom. The number of aromatic nitrogens is 1. The van der Waals surface area contributed by atoms with E-state index in [2.05, 4.69) is 11.6 Å². The highest BCUT2D eigenvalue weighted by Gasteiger charge is 2.33. The van der Waals surface area contributed by atoms with Crippen LogP contribution in [0.5, 0.6) is 5.75 Å². The maximum Gasteiger partial charge on any atom is 0.338 e. The van der Waals surface area contributed by atoms with Crippen LogP contribution in [-0.4, -0.2) is 23.1 Å². The molecule has 0 radical (unpaired) electrons. The number of hydrogen-bond acceptors (Lipinski definition) is 7. The number of thiazole rings is 1. The minimum absolute atomic E-state index is 0.00269. The third-order valence-corrected chi connectivity index (χ3v) is 6.18. The second-order valence-electron chi connectivity index (χ2n) is 7.68. The molecule has 178 valence electrons. The predicted octanol–water partition coefficient (Wildman–Crippen LogP) is 3.03. The number of carbonyl (C=O) groups is 2. The standard InChI is InChI=1S/C26H21FN2O5S/c1-4-13-33-25(32)22-15(2)28-26-29(23(22)18-7-11-20(12-8-18)34-16(3)30)24(31)21(35-26)14-17-5-9-19(27)10-6-17/h4-12,14,23H,1,13H2,2-3H3/b21-14+/t23-/m0/s1. The Morgan fingerprint density at radius 1 is 1.17 bits per heavy atom. The van der Waals surface area contributed by atoms with Gasteiger partial charge in [-0.25, -0.2) is 14.2 Å². The van der Waals surface area contributed by atoms with E-state index in [1.807, 2.05) is 0 Å². The van der Waals surface area contributed by atoms with Crippen LogP contribution in [0.4, 0.5) is 4.39 Å². The number of fused-ring (bicyclic) bond motifs is 1. The van der Waals surface area contributed by atoms with Gasteiger partial charge >= 0.3 is 11.9 Å².